The van der Waals surface area contributed by atoms with Gasteiger partial charge in [-0.2, -0.15) is 0 Å². The van der Waals surface area contributed by atoms with E-state index in [0.717, 1.165) is 28.7 Å². The van der Waals surface area contributed by atoms with E-state index in [4.69, 9.17) is 4.74 Å². The lowest BCUT2D eigenvalue weighted by molar-refractivity contribution is -0.144. The van der Waals surface area contributed by atoms with Crippen molar-refractivity contribution >= 4 is 23.6 Å². The summed E-state index contributed by atoms with van der Waals surface area (Å²) in [5, 5.41) is 5.92. The summed E-state index contributed by atoms with van der Waals surface area (Å²) in [4.78, 5) is 43.4. The summed E-state index contributed by atoms with van der Waals surface area (Å²) in [6, 6.07) is 11.5. The van der Waals surface area contributed by atoms with Gasteiger partial charge in [0.2, 0.25) is 5.91 Å². The molecule has 0 saturated heterocycles. The predicted octanol–water partition coefficient (Wildman–Crippen LogP) is 7.49. The molecular weight excluding hydrogens is 514 g/mol. The highest BCUT2D eigenvalue weighted by Crippen LogP contribution is 2.32. The maximum absolute atomic E-state index is 14.6. The van der Waals surface area contributed by atoms with Gasteiger partial charge in [0.15, 0.2) is 0 Å². The second-order valence-corrected chi connectivity index (χ2v) is 13.0. The molecule has 2 aromatic carbocycles. The van der Waals surface area contributed by atoms with Gasteiger partial charge in [0.25, 0.3) is 5.91 Å². The minimum absolute atomic E-state index is 0.242. The van der Waals surface area contributed by atoms with E-state index in [1.807, 2.05) is 84.0 Å². The highest BCUT2D eigenvalue weighted by molar-refractivity contribution is 5.99. The Bertz CT molecular complexity index is 1200. The van der Waals surface area contributed by atoms with Crippen molar-refractivity contribution in [2.75, 3.05) is 5.32 Å². The molecule has 0 aromatic heterocycles. The number of rotatable bonds is 11. The molecule has 2 aromatic rings. The number of aryl methyl sites for hydroxylation is 3. The molecule has 0 bridgehead atoms. The normalized spacial score (nSPS) is 13.9. The van der Waals surface area contributed by atoms with Crippen molar-refractivity contribution in [1.82, 2.24) is 10.2 Å². The standard InChI is InChI=1S/C34H51N3O4/c1-21(2)16-19-26(8)37(32(39)29(22(3)4)36-33(40)41-34(9,10)11)30(27-20-23(5)17-18-24(27)6)31(38)35-28-15-13-12-14-25(28)7/h12-15,17-18,20-22,26,29-30H,16,19H2,1-11H3,(H,35,38)(H,36,40). The van der Waals surface area contributed by atoms with E-state index in [0.29, 0.717) is 18.0 Å². The third-order valence-corrected chi connectivity index (χ3v) is 7.15. The highest BCUT2D eigenvalue weighted by Gasteiger charge is 2.40. The molecule has 0 heterocycles. The van der Waals surface area contributed by atoms with Crippen LogP contribution >= 0.6 is 0 Å². The lowest BCUT2D eigenvalue weighted by atomic mass is 9.92. The van der Waals surface area contributed by atoms with Crippen molar-refractivity contribution < 1.29 is 19.1 Å². The molecule has 3 unspecified atom stereocenters. The first-order chi connectivity index (χ1) is 19.0. The summed E-state index contributed by atoms with van der Waals surface area (Å²) >= 11 is 0. The minimum Gasteiger partial charge on any atom is -0.444 e. The zero-order valence-electron chi connectivity index (χ0n) is 26.9. The fourth-order valence-corrected chi connectivity index (χ4v) is 4.81. The summed E-state index contributed by atoms with van der Waals surface area (Å²) in [5.41, 5.74) is 3.58. The van der Waals surface area contributed by atoms with Crippen molar-refractivity contribution in [2.24, 2.45) is 11.8 Å². The Hall–Kier alpha value is -3.35. The number of anilines is 1. The molecule has 2 N–H and O–H groups in total. The van der Waals surface area contributed by atoms with Gasteiger partial charge in [-0.25, -0.2) is 4.79 Å². The van der Waals surface area contributed by atoms with Crippen LogP contribution in [0.25, 0.3) is 0 Å². The highest BCUT2D eigenvalue weighted by atomic mass is 16.6. The van der Waals surface area contributed by atoms with Crippen LogP contribution < -0.4 is 10.6 Å². The van der Waals surface area contributed by atoms with Gasteiger partial charge in [-0.3, -0.25) is 9.59 Å². The first-order valence-corrected chi connectivity index (χ1v) is 14.8. The molecule has 7 heteroatoms. The average molecular weight is 566 g/mol. The molecule has 0 aliphatic rings. The maximum Gasteiger partial charge on any atom is 0.408 e. The first kappa shape index (κ1) is 33.9. The molecule has 0 aliphatic heterocycles. The number of hydrogen-bond acceptors (Lipinski definition) is 4. The van der Waals surface area contributed by atoms with Crippen LogP contribution in [0.4, 0.5) is 10.5 Å². The van der Waals surface area contributed by atoms with E-state index in [1.54, 1.807) is 25.7 Å². The first-order valence-electron chi connectivity index (χ1n) is 14.8. The summed E-state index contributed by atoms with van der Waals surface area (Å²) in [5.74, 6) is -0.422. The number of hydrogen-bond donors (Lipinski definition) is 2. The largest absolute Gasteiger partial charge is 0.444 e. The Morgan fingerprint density at radius 2 is 1.51 bits per heavy atom. The maximum atomic E-state index is 14.6. The van der Waals surface area contributed by atoms with Crippen molar-refractivity contribution in [3.63, 3.8) is 0 Å². The van der Waals surface area contributed by atoms with Gasteiger partial charge >= 0.3 is 6.09 Å². The number of carbonyl (C=O) groups excluding carboxylic acids is 3. The Labute approximate surface area is 247 Å². The number of amides is 3. The number of para-hydroxylation sites is 1. The van der Waals surface area contributed by atoms with Crippen molar-refractivity contribution in [2.45, 2.75) is 113 Å². The summed E-state index contributed by atoms with van der Waals surface area (Å²) < 4.78 is 5.51. The molecule has 7 nitrogen and oxygen atoms in total. The van der Waals surface area contributed by atoms with Crippen molar-refractivity contribution in [1.29, 1.82) is 0 Å². The zero-order chi connectivity index (χ0) is 31.1. The molecule has 0 spiro atoms. The molecule has 2 rings (SSSR count). The van der Waals surface area contributed by atoms with E-state index in [2.05, 4.69) is 24.5 Å². The number of alkyl carbamates (subject to hydrolysis) is 1. The van der Waals surface area contributed by atoms with E-state index in [1.165, 1.54) is 0 Å². The van der Waals surface area contributed by atoms with Crippen LogP contribution in [0.2, 0.25) is 0 Å². The van der Waals surface area contributed by atoms with Gasteiger partial charge in [-0.05, 0) is 95.9 Å². The Morgan fingerprint density at radius 1 is 0.878 bits per heavy atom. The molecule has 41 heavy (non-hydrogen) atoms. The van der Waals surface area contributed by atoms with Crippen LogP contribution in [-0.4, -0.2) is 40.5 Å². The summed E-state index contributed by atoms with van der Waals surface area (Å²) in [7, 11) is 0. The Morgan fingerprint density at radius 3 is 2.07 bits per heavy atom. The van der Waals surface area contributed by atoms with E-state index in [-0.39, 0.29) is 23.8 Å². The number of carbonyl (C=O) groups is 3. The molecule has 226 valence electrons. The van der Waals surface area contributed by atoms with Gasteiger partial charge in [0.05, 0.1) is 0 Å². The van der Waals surface area contributed by atoms with Crippen molar-refractivity contribution in [3.8, 4) is 0 Å². The minimum atomic E-state index is -0.911. The zero-order valence-corrected chi connectivity index (χ0v) is 26.9. The van der Waals surface area contributed by atoms with E-state index >= 15 is 0 Å². The number of nitrogens with one attached hydrogen (secondary N) is 2. The Kier molecular flexibility index (Phi) is 12.0. The topological polar surface area (TPSA) is 87.7 Å². The number of nitrogens with zero attached hydrogens (tertiary/aromatic N) is 1. The van der Waals surface area contributed by atoms with Gasteiger partial charge in [0, 0.05) is 11.7 Å². The summed E-state index contributed by atoms with van der Waals surface area (Å²) in [6.45, 7) is 21.3. The van der Waals surface area contributed by atoms with Gasteiger partial charge in [-0.15, -0.1) is 0 Å². The molecular formula is C34H51N3O4. The van der Waals surface area contributed by atoms with Crippen LogP contribution in [0.3, 0.4) is 0 Å². The molecule has 0 aliphatic carbocycles. The summed E-state index contributed by atoms with van der Waals surface area (Å²) in [6.07, 6.45) is 0.932. The monoisotopic (exact) mass is 565 g/mol. The predicted molar refractivity (Wildman–Crippen MR) is 167 cm³/mol. The second-order valence-electron chi connectivity index (χ2n) is 13.0. The van der Waals surface area contributed by atoms with Crippen molar-refractivity contribution in [3.05, 3.63) is 64.7 Å². The van der Waals surface area contributed by atoms with Crippen LogP contribution in [0, 0.1) is 32.6 Å². The third-order valence-electron chi connectivity index (χ3n) is 7.15. The van der Waals surface area contributed by atoms with E-state index in [9.17, 15) is 14.4 Å². The van der Waals surface area contributed by atoms with Gasteiger partial charge < -0.3 is 20.3 Å². The smallest absolute Gasteiger partial charge is 0.408 e. The lowest BCUT2D eigenvalue weighted by Crippen LogP contribution is -2.56. The second kappa shape index (κ2) is 14.5. The van der Waals surface area contributed by atoms with Gasteiger partial charge in [0.1, 0.15) is 17.7 Å². The lowest BCUT2D eigenvalue weighted by Gasteiger charge is -2.40. The number of ether oxygens (including phenoxy) is 1. The van der Waals surface area contributed by atoms with Crippen LogP contribution in [0.1, 0.15) is 96.5 Å². The Balaban J connectivity index is 2.69. The molecule has 0 radical (unpaired) electrons. The fraction of sp³-hybridized carbons (Fsp3) is 0.559. The number of benzene rings is 2. The van der Waals surface area contributed by atoms with Crippen LogP contribution in [0.5, 0.6) is 0 Å². The van der Waals surface area contributed by atoms with E-state index < -0.39 is 23.8 Å². The third kappa shape index (κ3) is 9.91. The SMILES string of the molecule is Cc1ccc(C)c(C(C(=O)Nc2ccccc2C)N(C(=O)C(NC(=O)OC(C)(C)C)C(C)C)C(C)CCC(C)C)c1. The van der Waals surface area contributed by atoms with Gasteiger partial charge in [-0.1, -0.05) is 69.7 Å². The molecule has 3 amide bonds. The molecule has 3 atom stereocenters. The average Bonchev–Trinajstić information content (AvgIpc) is 2.85. The molecule has 0 saturated carbocycles. The molecule has 0 fully saturated rings. The fourth-order valence-electron chi connectivity index (χ4n) is 4.81. The quantitative estimate of drug-likeness (QED) is 0.295. The van der Waals surface area contributed by atoms with Crippen LogP contribution in [-0.2, 0) is 14.3 Å². The van der Waals surface area contributed by atoms with Crippen LogP contribution in [0.15, 0.2) is 42.5 Å².